The highest BCUT2D eigenvalue weighted by atomic mass is 16.5. The second kappa shape index (κ2) is 9.60. The van der Waals surface area contributed by atoms with E-state index in [1.54, 1.807) is 14.2 Å². The van der Waals surface area contributed by atoms with Crippen molar-refractivity contribution < 1.29 is 9.47 Å². The van der Waals surface area contributed by atoms with E-state index in [1.807, 2.05) is 19.2 Å². The minimum Gasteiger partial charge on any atom is -0.488 e. The lowest BCUT2D eigenvalue weighted by Gasteiger charge is -2.24. The molecule has 1 fully saturated rings. The molecule has 0 aromatic carbocycles. The Kier molecular flexibility index (Phi) is 7.49. The lowest BCUT2D eigenvalue weighted by atomic mass is 9.98. The number of nitrogens with one attached hydrogen (secondary N) is 1. The molecule has 0 atom stereocenters. The van der Waals surface area contributed by atoms with Gasteiger partial charge >= 0.3 is 0 Å². The molecule has 0 aliphatic heterocycles. The second-order valence-electron chi connectivity index (χ2n) is 6.45. The van der Waals surface area contributed by atoms with Crippen LogP contribution in [-0.4, -0.2) is 43.8 Å². The summed E-state index contributed by atoms with van der Waals surface area (Å²) >= 11 is 0. The van der Waals surface area contributed by atoms with Crippen molar-refractivity contribution in [1.29, 1.82) is 0 Å². The molecule has 1 saturated carbocycles. The number of hydrogen-bond acceptors (Lipinski definition) is 7. The average molecular weight is 349 g/mol. The van der Waals surface area contributed by atoms with E-state index < -0.39 is 0 Å². The van der Waals surface area contributed by atoms with Crippen LogP contribution in [0.25, 0.3) is 5.70 Å². The van der Waals surface area contributed by atoms with E-state index in [-0.39, 0.29) is 6.10 Å². The number of nitrogens with zero attached hydrogens (tertiary/aromatic N) is 2. The maximum Gasteiger partial charge on any atom is 0.143 e. The molecule has 7 nitrogen and oxygen atoms in total. The third-order valence-corrected chi connectivity index (χ3v) is 4.42. The minimum absolute atomic E-state index is 0.264. The number of nitrogens with two attached hydrogens (primary N) is 2. The van der Waals surface area contributed by atoms with Gasteiger partial charge in [-0.1, -0.05) is 6.42 Å². The van der Waals surface area contributed by atoms with Crippen molar-refractivity contribution in [3.05, 3.63) is 29.2 Å². The van der Waals surface area contributed by atoms with Gasteiger partial charge in [-0.15, -0.1) is 0 Å². The van der Waals surface area contributed by atoms with Crippen LogP contribution < -0.4 is 21.6 Å². The first-order valence-electron chi connectivity index (χ1n) is 8.84. The lowest BCUT2D eigenvalue weighted by molar-refractivity contribution is 0.140. The fourth-order valence-electron chi connectivity index (χ4n) is 3.07. The van der Waals surface area contributed by atoms with Gasteiger partial charge in [0.1, 0.15) is 11.4 Å². The van der Waals surface area contributed by atoms with Gasteiger partial charge in [0, 0.05) is 20.7 Å². The van der Waals surface area contributed by atoms with E-state index in [1.165, 1.54) is 24.3 Å². The molecule has 140 valence electrons. The standard InChI is InChI=1S/C18H31N5O2/c1-21-11-16(23(2)20)18(19)14-9-10-17(15(22-14)12-24-3)25-13-7-5-4-6-8-13/h9-10,13,21H,4-8,11-12,19-20H2,1-3H3/b18-16-. The number of hydrazine groups is 1. The molecular weight excluding hydrogens is 318 g/mol. The summed E-state index contributed by atoms with van der Waals surface area (Å²) in [6, 6.07) is 3.82. The van der Waals surface area contributed by atoms with Crippen LogP contribution in [0, 0.1) is 0 Å². The van der Waals surface area contributed by atoms with Crippen molar-refractivity contribution in [3.8, 4) is 5.75 Å². The van der Waals surface area contributed by atoms with Gasteiger partial charge in [-0.3, -0.25) is 0 Å². The van der Waals surface area contributed by atoms with E-state index in [4.69, 9.17) is 21.1 Å². The lowest BCUT2D eigenvalue weighted by Crippen LogP contribution is -2.33. The number of likely N-dealkylation sites (N-methyl/N-ethyl adjacent to an activating group) is 2. The normalized spacial score (nSPS) is 16.5. The van der Waals surface area contributed by atoms with Gasteiger partial charge in [0.05, 0.1) is 29.8 Å². The van der Waals surface area contributed by atoms with Gasteiger partial charge in [0.25, 0.3) is 0 Å². The van der Waals surface area contributed by atoms with E-state index in [0.29, 0.717) is 24.5 Å². The van der Waals surface area contributed by atoms with Crippen LogP contribution in [-0.2, 0) is 11.3 Å². The van der Waals surface area contributed by atoms with Gasteiger partial charge in [-0.25, -0.2) is 10.8 Å². The van der Waals surface area contributed by atoms with Gasteiger partial charge < -0.3 is 25.5 Å². The molecule has 25 heavy (non-hydrogen) atoms. The summed E-state index contributed by atoms with van der Waals surface area (Å²) in [4.78, 5) is 4.67. The van der Waals surface area contributed by atoms with Crippen molar-refractivity contribution in [2.45, 2.75) is 44.8 Å². The number of rotatable bonds is 8. The topological polar surface area (TPSA) is 98.7 Å². The van der Waals surface area contributed by atoms with Crippen molar-refractivity contribution in [3.63, 3.8) is 0 Å². The van der Waals surface area contributed by atoms with Gasteiger partial charge in [-0.05, 0) is 44.9 Å². The summed E-state index contributed by atoms with van der Waals surface area (Å²) in [7, 11) is 5.26. The van der Waals surface area contributed by atoms with Crippen LogP contribution in [0.15, 0.2) is 17.8 Å². The summed E-state index contributed by atoms with van der Waals surface area (Å²) < 4.78 is 11.5. The average Bonchev–Trinajstić information content (AvgIpc) is 2.61. The molecule has 0 radical (unpaired) electrons. The molecule has 0 unspecified atom stereocenters. The molecule has 1 aromatic heterocycles. The van der Waals surface area contributed by atoms with E-state index in [2.05, 4.69) is 10.3 Å². The minimum atomic E-state index is 0.264. The monoisotopic (exact) mass is 349 g/mol. The van der Waals surface area contributed by atoms with Gasteiger partial charge in [-0.2, -0.15) is 0 Å². The number of hydrogen-bond donors (Lipinski definition) is 3. The van der Waals surface area contributed by atoms with Crippen LogP contribution in [0.1, 0.15) is 43.5 Å². The Labute approximate surface area is 150 Å². The molecule has 1 aliphatic rings. The summed E-state index contributed by atoms with van der Waals surface area (Å²) in [5, 5.41) is 4.58. The first-order valence-corrected chi connectivity index (χ1v) is 8.84. The van der Waals surface area contributed by atoms with Gasteiger partial charge in [0.2, 0.25) is 0 Å². The Bertz CT molecular complexity index is 583. The molecular formula is C18H31N5O2. The van der Waals surface area contributed by atoms with E-state index in [9.17, 15) is 0 Å². The third-order valence-electron chi connectivity index (χ3n) is 4.42. The van der Waals surface area contributed by atoms with E-state index in [0.717, 1.165) is 30.0 Å². The Morgan fingerprint density at radius 3 is 2.64 bits per heavy atom. The molecule has 1 aromatic rings. The number of aromatic nitrogens is 1. The van der Waals surface area contributed by atoms with Crippen molar-refractivity contribution in [1.82, 2.24) is 15.3 Å². The predicted molar refractivity (Wildman–Crippen MR) is 99.4 cm³/mol. The Balaban J connectivity index is 2.28. The first kappa shape index (κ1) is 19.5. The van der Waals surface area contributed by atoms with Crippen LogP contribution in [0.5, 0.6) is 5.75 Å². The Morgan fingerprint density at radius 2 is 2.04 bits per heavy atom. The Morgan fingerprint density at radius 1 is 1.32 bits per heavy atom. The largest absolute Gasteiger partial charge is 0.488 e. The zero-order chi connectivity index (χ0) is 18.2. The van der Waals surface area contributed by atoms with Crippen LogP contribution >= 0.6 is 0 Å². The smallest absolute Gasteiger partial charge is 0.143 e. The molecule has 0 saturated heterocycles. The van der Waals surface area contributed by atoms with Crippen LogP contribution in [0.3, 0.4) is 0 Å². The molecule has 2 rings (SSSR count). The zero-order valence-electron chi connectivity index (χ0n) is 15.5. The number of pyridine rings is 1. The van der Waals surface area contributed by atoms with Crippen molar-refractivity contribution in [2.24, 2.45) is 11.6 Å². The van der Waals surface area contributed by atoms with Crippen LogP contribution in [0.2, 0.25) is 0 Å². The zero-order valence-corrected chi connectivity index (χ0v) is 15.5. The highest BCUT2D eigenvalue weighted by molar-refractivity contribution is 5.63. The molecule has 0 bridgehead atoms. The SMILES string of the molecule is CNC/C(=C(/N)c1ccc(OC2CCCCC2)c(COC)n1)N(C)N. The fourth-order valence-corrected chi connectivity index (χ4v) is 3.07. The summed E-state index contributed by atoms with van der Waals surface area (Å²) in [5.41, 5.74) is 9.05. The maximum atomic E-state index is 6.30. The molecule has 0 spiro atoms. The van der Waals surface area contributed by atoms with Gasteiger partial charge in [0.15, 0.2) is 0 Å². The predicted octanol–water partition coefficient (Wildman–Crippen LogP) is 1.59. The third kappa shape index (κ3) is 5.32. The molecule has 0 amide bonds. The van der Waals surface area contributed by atoms with Crippen LogP contribution in [0.4, 0.5) is 0 Å². The van der Waals surface area contributed by atoms with E-state index >= 15 is 0 Å². The summed E-state index contributed by atoms with van der Waals surface area (Å²) in [6.07, 6.45) is 6.20. The summed E-state index contributed by atoms with van der Waals surface area (Å²) in [6.45, 7) is 0.934. The maximum absolute atomic E-state index is 6.30. The number of ether oxygens (including phenoxy) is 2. The fraction of sp³-hybridized carbons (Fsp3) is 0.611. The van der Waals surface area contributed by atoms with Crippen molar-refractivity contribution in [2.75, 3.05) is 27.7 Å². The Hall–Kier alpha value is -1.83. The summed E-state index contributed by atoms with van der Waals surface area (Å²) in [5.74, 6) is 6.67. The quantitative estimate of drug-likeness (QED) is 0.484. The number of methoxy groups -OCH3 is 1. The molecule has 5 N–H and O–H groups in total. The molecule has 1 aliphatic carbocycles. The highest BCUT2D eigenvalue weighted by Gasteiger charge is 2.18. The van der Waals surface area contributed by atoms with Crippen molar-refractivity contribution >= 4 is 5.70 Å². The molecule has 7 heteroatoms. The highest BCUT2D eigenvalue weighted by Crippen LogP contribution is 2.27. The second-order valence-corrected chi connectivity index (χ2v) is 6.45. The molecule has 1 heterocycles. The first-order chi connectivity index (χ1) is 12.1.